The van der Waals surface area contributed by atoms with Crippen LogP contribution in [0.2, 0.25) is 0 Å². The van der Waals surface area contributed by atoms with E-state index in [2.05, 4.69) is 9.97 Å². The molecule has 22 heavy (non-hydrogen) atoms. The van der Waals surface area contributed by atoms with E-state index in [4.69, 9.17) is 15.2 Å². The standard InChI is InChI=1S/C12H17N5O5/c1-16-10-6(9(20)15-12(16)13)14-4-17(10)11-8(21-2)7(19)5(3-18)22-11/h4-5,7-8,11,18-19H,3H2,1-2H3,(H2,13,15,20)/t5-,7-,8-,11-/m1/s1. The lowest BCUT2D eigenvalue weighted by molar-refractivity contribution is -0.0584. The second kappa shape index (κ2) is 5.32. The minimum Gasteiger partial charge on any atom is -0.394 e. The summed E-state index contributed by atoms with van der Waals surface area (Å²) in [5.74, 6) is 0.0328. The second-order valence-electron chi connectivity index (χ2n) is 5.10. The third-order valence-corrected chi connectivity index (χ3v) is 3.89. The number of ether oxygens (including phenoxy) is 2. The van der Waals surface area contributed by atoms with Crippen LogP contribution in [-0.2, 0) is 16.5 Å². The van der Waals surface area contributed by atoms with Crippen LogP contribution in [0.4, 0.5) is 5.95 Å². The predicted molar refractivity (Wildman–Crippen MR) is 75.0 cm³/mol. The summed E-state index contributed by atoms with van der Waals surface area (Å²) in [5.41, 5.74) is 5.70. The number of hydrogen-bond acceptors (Lipinski definition) is 8. The molecule has 10 heteroatoms. The van der Waals surface area contributed by atoms with E-state index in [1.807, 2.05) is 0 Å². The highest BCUT2D eigenvalue weighted by molar-refractivity contribution is 5.71. The van der Waals surface area contributed by atoms with Gasteiger partial charge in [0.25, 0.3) is 0 Å². The van der Waals surface area contributed by atoms with Gasteiger partial charge in [-0.05, 0) is 0 Å². The van der Waals surface area contributed by atoms with Crippen LogP contribution in [-0.4, -0.2) is 61.3 Å². The normalized spacial score (nSPS) is 28.5. The van der Waals surface area contributed by atoms with Crippen molar-refractivity contribution in [1.82, 2.24) is 19.1 Å². The number of aliphatic hydroxyl groups excluding tert-OH is 2. The summed E-state index contributed by atoms with van der Waals surface area (Å²) >= 11 is 0. The van der Waals surface area contributed by atoms with Gasteiger partial charge in [-0.15, -0.1) is 0 Å². The van der Waals surface area contributed by atoms with Crippen molar-refractivity contribution in [2.45, 2.75) is 24.5 Å². The first-order valence-corrected chi connectivity index (χ1v) is 6.65. The van der Waals surface area contributed by atoms with Crippen molar-refractivity contribution >= 4 is 17.1 Å². The molecular formula is C12H17N5O5. The molecule has 4 N–H and O–H groups in total. The van der Waals surface area contributed by atoms with Crippen molar-refractivity contribution in [1.29, 1.82) is 0 Å². The Kier molecular flexibility index (Phi) is 3.60. The lowest BCUT2D eigenvalue weighted by atomic mass is 10.1. The molecule has 1 fully saturated rings. The highest BCUT2D eigenvalue weighted by Crippen LogP contribution is 2.33. The number of fused-ring (bicyclic) bond motifs is 1. The van der Waals surface area contributed by atoms with Gasteiger partial charge in [0.05, 0.1) is 12.9 Å². The van der Waals surface area contributed by atoms with Gasteiger partial charge in [0.1, 0.15) is 18.3 Å². The molecule has 1 saturated heterocycles. The van der Waals surface area contributed by atoms with Crippen molar-refractivity contribution in [2.75, 3.05) is 19.5 Å². The number of anilines is 1. The van der Waals surface area contributed by atoms with E-state index in [-0.39, 0.29) is 18.1 Å². The molecule has 1 aliphatic heterocycles. The average molecular weight is 311 g/mol. The number of aryl methyl sites for hydroxylation is 1. The van der Waals surface area contributed by atoms with Gasteiger partial charge in [-0.1, -0.05) is 0 Å². The minimum atomic E-state index is -1.01. The number of nitrogens with two attached hydrogens (primary N) is 1. The van der Waals surface area contributed by atoms with Crippen LogP contribution < -0.4 is 11.3 Å². The van der Waals surface area contributed by atoms with Crippen molar-refractivity contribution < 1.29 is 19.7 Å². The van der Waals surface area contributed by atoms with Crippen molar-refractivity contribution in [3.8, 4) is 0 Å². The number of aliphatic hydroxyl groups is 2. The smallest absolute Gasteiger partial charge is 0.302 e. The van der Waals surface area contributed by atoms with Gasteiger partial charge >= 0.3 is 5.56 Å². The topological polar surface area (TPSA) is 138 Å². The fourth-order valence-electron chi connectivity index (χ4n) is 2.71. The average Bonchev–Trinajstić information content (AvgIpc) is 3.06. The molecule has 0 aliphatic carbocycles. The van der Waals surface area contributed by atoms with E-state index in [0.29, 0.717) is 5.65 Å². The number of nitrogen functional groups attached to an aromatic ring is 1. The fourth-order valence-corrected chi connectivity index (χ4v) is 2.71. The van der Waals surface area contributed by atoms with E-state index in [0.717, 1.165) is 0 Å². The van der Waals surface area contributed by atoms with Gasteiger partial charge in [-0.2, -0.15) is 4.98 Å². The molecule has 1 aliphatic rings. The summed E-state index contributed by atoms with van der Waals surface area (Å²) in [7, 11) is 3.07. The molecule has 3 heterocycles. The lowest BCUT2D eigenvalue weighted by Crippen LogP contribution is -2.34. The molecule has 4 atom stereocenters. The summed E-state index contributed by atoms with van der Waals surface area (Å²) in [4.78, 5) is 19.6. The maximum absolute atomic E-state index is 11.9. The minimum absolute atomic E-state index is 0.0328. The van der Waals surface area contributed by atoms with Crippen LogP contribution in [0.3, 0.4) is 0 Å². The maximum atomic E-state index is 11.9. The van der Waals surface area contributed by atoms with Gasteiger partial charge in [0, 0.05) is 14.2 Å². The Bertz CT molecular complexity index is 756. The SMILES string of the molecule is CO[C@@H]1[C@H](O)[C@@H](CO)O[C@H]1n1cnc2c(=O)nc(N)n(C)c21. The van der Waals surface area contributed by atoms with Crippen molar-refractivity contribution in [3.63, 3.8) is 0 Å². The first-order valence-electron chi connectivity index (χ1n) is 6.65. The van der Waals surface area contributed by atoms with Crippen LogP contribution >= 0.6 is 0 Å². The summed E-state index contributed by atoms with van der Waals surface area (Å²) in [6.45, 7) is -0.354. The molecule has 0 amide bonds. The first-order chi connectivity index (χ1) is 10.5. The van der Waals surface area contributed by atoms with E-state index in [9.17, 15) is 15.0 Å². The van der Waals surface area contributed by atoms with Crippen LogP contribution in [0, 0.1) is 0 Å². The number of methoxy groups -OCH3 is 1. The fraction of sp³-hybridized carbons (Fsp3) is 0.583. The molecule has 3 rings (SSSR count). The molecule has 0 unspecified atom stereocenters. The van der Waals surface area contributed by atoms with Crippen molar-refractivity contribution in [3.05, 3.63) is 16.7 Å². The monoisotopic (exact) mass is 311 g/mol. The number of nitrogens with zero attached hydrogens (tertiary/aromatic N) is 4. The molecule has 2 aromatic heterocycles. The molecular weight excluding hydrogens is 294 g/mol. The molecule has 0 radical (unpaired) electrons. The molecule has 10 nitrogen and oxygen atoms in total. The Labute approximate surface area is 124 Å². The molecule has 0 aromatic carbocycles. The largest absolute Gasteiger partial charge is 0.394 e. The Morgan fingerprint density at radius 3 is 2.91 bits per heavy atom. The Hall–Kier alpha value is -2.01. The van der Waals surface area contributed by atoms with Crippen LogP contribution in [0.5, 0.6) is 0 Å². The maximum Gasteiger partial charge on any atom is 0.302 e. The van der Waals surface area contributed by atoms with E-state index in [1.165, 1.54) is 18.0 Å². The third-order valence-electron chi connectivity index (χ3n) is 3.89. The summed E-state index contributed by atoms with van der Waals surface area (Å²) < 4.78 is 13.9. The molecule has 0 spiro atoms. The van der Waals surface area contributed by atoms with Crippen LogP contribution in [0.1, 0.15) is 6.23 Å². The van der Waals surface area contributed by atoms with Gasteiger partial charge in [-0.25, -0.2) is 4.98 Å². The second-order valence-corrected chi connectivity index (χ2v) is 5.10. The predicted octanol–water partition coefficient (Wildman–Crippen LogP) is -2.02. The van der Waals surface area contributed by atoms with Gasteiger partial charge in [0.2, 0.25) is 5.95 Å². The number of hydrogen-bond donors (Lipinski definition) is 3. The summed E-state index contributed by atoms with van der Waals surface area (Å²) in [6.07, 6.45) is -1.87. The Morgan fingerprint density at radius 1 is 1.55 bits per heavy atom. The van der Waals surface area contributed by atoms with Gasteiger partial charge < -0.3 is 25.4 Å². The number of aromatic nitrogens is 4. The van der Waals surface area contributed by atoms with E-state index >= 15 is 0 Å². The zero-order chi connectivity index (χ0) is 16.0. The van der Waals surface area contributed by atoms with Gasteiger partial charge in [-0.3, -0.25) is 13.9 Å². The Morgan fingerprint density at radius 2 is 2.27 bits per heavy atom. The zero-order valence-corrected chi connectivity index (χ0v) is 12.1. The quantitative estimate of drug-likeness (QED) is 0.590. The third kappa shape index (κ3) is 2.00. The first kappa shape index (κ1) is 14.9. The zero-order valence-electron chi connectivity index (χ0n) is 12.1. The molecule has 120 valence electrons. The van der Waals surface area contributed by atoms with E-state index in [1.54, 1.807) is 11.6 Å². The lowest BCUT2D eigenvalue weighted by Gasteiger charge is -2.21. The highest BCUT2D eigenvalue weighted by Gasteiger charge is 2.45. The summed E-state index contributed by atoms with van der Waals surface area (Å²) in [5, 5.41) is 19.4. The van der Waals surface area contributed by atoms with E-state index < -0.39 is 30.1 Å². The highest BCUT2D eigenvalue weighted by atomic mass is 16.6. The molecule has 0 bridgehead atoms. The number of rotatable bonds is 3. The van der Waals surface area contributed by atoms with Crippen LogP contribution in [0.25, 0.3) is 11.2 Å². The van der Waals surface area contributed by atoms with Crippen LogP contribution in [0.15, 0.2) is 11.1 Å². The Balaban J connectivity index is 2.16. The number of imidazole rings is 1. The molecule has 2 aromatic rings. The van der Waals surface area contributed by atoms with Gasteiger partial charge in [0.15, 0.2) is 17.4 Å². The van der Waals surface area contributed by atoms with Crippen molar-refractivity contribution in [2.24, 2.45) is 7.05 Å². The summed E-state index contributed by atoms with van der Waals surface area (Å²) in [6, 6.07) is 0. The molecule has 0 saturated carbocycles.